The second-order valence-corrected chi connectivity index (χ2v) is 8.25. The average molecular weight is 507 g/mol. The number of hydrogen-bond donors (Lipinski definition) is 3. The highest BCUT2D eigenvalue weighted by Crippen LogP contribution is 2.27. The van der Waals surface area contributed by atoms with Crippen molar-refractivity contribution in [3.8, 4) is 0 Å². The average Bonchev–Trinajstić information content (AvgIpc) is 3.21. The first-order valence-corrected chi connectivity index (χ1v) is 11.3. The van der Waals surface area contributed by atoms with Crippen molar-refractivity contribution < 1.29 is 27.2 Å². The smallest absolute Gasteiger partial charge is 0.357 e. The van der Waals surface area contributed by atoms with E-state index in [0.717, 1.165) is 6.07 Å². The molecule has 0 aliphatic heterocycles. The zero-order chi connectivity index (χ0) is 26.3. The predicted octanol–water partition coefficient (Wildman–Crippen LogP) is 4.42. The summed E-state index contributed by atoms with van der Waals surface area (Å²) in [6.07, 6.45) is -0.109. The quantitative estimate of drug-likeness (QED) is 0.216. The maximum Gasteiger partial charge on any atom is 0.389 e. The van der Waals surface area contributed by atoms with Gasteiger partial charge in [0.15, 0.2) is 0 Å². The number of likely N-dealkylation sites (N-methyl/N-ethyl adjacent to an activating group) is 1. The fourth-order valence-corrected chi connectivity index (χ4v) is 3.70. The first kappa shape index (κ1) is 26.7. The van der Waals surface area contributed by atoms with Gasteiger partial charge in [0.05, 0.1) is 6.54 Å². The van der Waals surface area contributed by atoms with E-state index < -0.39 is 24.0 Å². The van der Waals surface area contributed by atoms with Crippen LogP contribution in [0.3, 0.4) is 0 Å². The SMILES string of the molecule is CNC(=O)/C=C/CCCC(=O)Nc1cccn(Cc2cc3cc(F)cc(CCC(F)(F)F)c3[nH]2)c1=O. The van der Waals surface area contributed by atoms with Crippen LogP contribution in [0.4, 0.5) is 23.2 Å². The molecule has 0 unspecified atom stereocenters. The molecular formula is C25H26F4N4O3. The number of aromatic nitrogens is 2. The van der Waals surface area contributed by atoms with Crippen molar-refractivity contribution in [2.24, 2.45) is 0 Å². The van der Waals surface area contributed by atoms with Crippen LogP contribution in [-0.4, -0.2) is 34.6 Å². The van der Waals surface area contributed by atoms with Crippen molar-refractivity contribution in [3.05, 3.63) is 76.1 Å². The van der Waals surface area contributed by atoms with E-state index in [1.165, 1.54) is 36.0 Å². The molecule has 3 aromatic rings. The number of halogens is 4. The van der Waals surface area contributed by atoms with E-state index in [4.69, 9.17) is 0 Å². The summed E-state index contributed by atoms with van der Waals surface area (Å²) >= 11 is 0. The van der Waals surface area contributed by atoms with Gasteiger partial charge >= 0.3 is 6.18 Å². The molecule has 1 aromatic carbocycles. The second kappa shape index (κ2) is 11.7. The molecule has 2 aromatic heterocycles. The van der Waals surface area contributed by atoms with Crippen LogP contribution >= 0.6 is 0 Å². The van der Waals surface area contributed by atoms with Crippen LogP contribution in [0.25, 0.3) is 10.9 Å². The molecule has 0 fully saturated rings. The summed E-state index contributed by atoms with van der Waals surface area (Å²) in [4.78, 5) is 39.2. The highest BCUT2D eigenvalue weighted by Gasteiger charge is 2.27. The summed E-state index contributed by atoms with van der Waals surface area (Å²) in [7, 11) is 1.51. The lowest BCUT2D eigenvalue weighted by Crippen LogP contribution is -2.25. The van der Waals surface area contributed by atoms with Gasteiger partial charge in [-0.25, -0.2) is 4.39 Å². The van der Waals surface area contributed by atoms with Crippen LogP contribution < -0.4 is 16.2 Å². The van der Waals surface area contributed by atoms with E-state index in [1.807, 2.05) is 0 Å². The monoisotopic (exact) mass is 506 g/mol. The Morgan fingerprint density at radius 3 is 2.69 bits per heavy atom. The van der Waals surface area contributed by atoms with Gasteiger partial charge in [-0.3, -0.25) is 14.4 Å². The van der Waals surface area contributed by atoms with E-state index in [0.29, 0.717) is 29.4 Å². The minimum Gasteiger partial charge on any atom is -0.357 e. The molecule has 36 heavy (non-hydrogen) atoms. The molecule has 0 atom stereocenters. The highest BCUT2D eigenvalue weighted by molar-refractivity contribution is 5.90. The fraction of sp³-hybridized carbons (Fsp3) is 0.320. The van der Waals surface area contributed by atoms with E-state index in [-0.39, 0.29) is 42.5 Å². The van der Waals surface area contributed by atoms with Gasteiger partial charge in [0.25, 0.3) is 5.56 Å². The Balaban J connectivity index is 1.69. The van der Waals surface area contributed by atoms with Crippen LogP contribution in [0.1, 0.15) is 36.9 Å². The van der Waals surface area contributed by atoms with Gasteiger partial charge < -0.3 is 20.2 Å². The number of carbonyl (C=O) groups is 2. The van der Waals surface area contributed by atoms with Gasteiger partial charge in [-0.2, -0.15) is 13.2 Å². The van der Waals surface area contributed by atoms with Crippen LogP contribution in [0, 0.1) is 5.82 Å². The number of amides is 2. The molecule has 192 valence electrons. The number of fused-ring (bicyclic) bond motifs is 1. The number of anilines is 1. The van der Waals surface area contributed by atoms with E-state index >= 15 is 0 Å². The van der Waals surface area contributed by atoms with Crippen molar-refractivity contribution in [1.82, 2.24) is 14.9 Å². The Bertz CT molecular complexity index is 1330. The second-order valence-electron chi connectivity index (χ2n) is 8.25. The molecule has 3 N–H and O–H groups in total. The Kier molecular flexibility index (Phi) is 8.68. The van der Waals surface area contributed by atoms with E-state index in [9.17, 15) is 31.9 Å². The minimum atomic E-state index is -4.37. The third-order valence-corrected chi connectivity index (χ3v) is 5.43. The lowest BCUT2D eigenvalue weighted by Gasteiger charge is -2.09. The van der Waals surface area contributed by atoms with Gasteiger partial charge in [0, 0.05) is 42.7 Å². The molecule has 2 heterocycles. The number of aryl methyl sites for hydroxylation is 1. The van der Waals surface area contributed by atoms with E-state index in [2.05, 4.69) is 15.6 Å². The zero-order valence-corrected chi connectivity index (χ0v) is 19.5. The molecule has 0 saturated carbocycles. The molecule has 0 radical (unpaired) electrons. The van der Waals surface area contributed by atoms with Gasteiger partial charge in [-0.1, -0.05) is 6.08 Å². The maximum atomic E-state index is 14.0. The Hall–Kier alpha value is -3.89. The number of carbonyl (C=O) groups excluding carboxylic acids is 2. The summed E-state index contributed by atoms with van der Waals surface area (Å²) in [6.45, 7) is 0.0435. The summed E-state index contributed by atoms with van der Waals surface area (Å²) in [5.74, 6) is -1.23. The molecule has 0 aliphatic rings. The first-order valence-electron chi connectivity index (χ1n) is 11.3. The van der Waals surface area contributed by atoms with Crippen LogP contribution in [0.15, 0.2) is 53.5 Å². The minimum absolute atomic E-state index is 0.0435. The molecule has 0 spiro atoms. The molecule has 2 amide bonds. The Morgan fingerprint density at radius 2 is 1.97 bits per heavy atom. The number of alkyl halides is 3. The number of hydrogen-bond acceptors (Lipinski definition) is 3. The molecule has 3 rings (SSSR count). The van der Waals surface area contributed by atoms with Crippen molar-refractivity contribution in [1.29, 1.82) is 0 Å². The zero-order valence-electron chi connectivity index (χ0n) is 19.5. The van der Waals surface area contributed by atoms with E-state index in [1.54, 1.807) is 18.2 Å². The van der Waals surface area contributed by atoms with Gasteiger partial charge in [0.2, 0.25) is 11.8 Å². The maximum absolute atomic E-state index is 14.0. The number of nitrogens with zero attached hydrogens (tertiary/aromatic N) is 1. The topological polar surface area (TPSA) is 96.0 Å². The predicted molar refractivity (Wildman–Crippen MR) is 128 cm³/mol. The third kappa shape index (κ3) is 7.56. The number of benzene rings is 1. The standard InChI is InChI=1S/C25H26F4N4O3/c1-30-21(34)7-3-2-4-8-22(35)32-20-6-5-11-33(24(20)36)15-19-14-17-13-18(26)12-16(23(17)31-19)9-10-25(27,28)29/h3,5-7,11-14,31H,2,4,8-10,15H2,1H3,(H,30,34)(H,32,35)/b7-3+. The lowest BCUT2D eigenvalue weighted by atomic mass is 10.1. The van der Waals surface area contributed by atoms with Gasteiger partial charge in [-0.05, 0) is 61.2 Å². The highest BCUT2D eigenvalue weighted by atomic mass is 19.4. The number of nitrogens with one attached hydrogen (secondary N) is 3. The number of H-pyrrole nitrogens is 1. The van der Waals surface area contributed by atoms with Crippen molar-refractivity contribution in [2.75, 3.05) is 12.4 Å². The molecule has 0 bridgehead atoms. The number of unbranched alkanes of at least 4 members (excludes halogenated alkanes) is 1. The normalized spacial score (nSPS) is 11.8. The van der Waals surface area contributed by atoms with Crippen molar-refractivity contribution >= 4 is 28.4 Å². The van der Waals surface area contributed by atoms with Crippen LogP contribution in [0.2, 0.25) is 0 Å². The van der Waals surface area contributed by atoms with Crippen molar-refractivity contribution in [2.45, 2.75) is 44.8 Å². The van der Waals surface area contributed by atoms with Crippen molar-refractivity contribution in [3.63, 3.8) is 0 Å². The fourth-order valence-electron chi connectivity index (χ4n) is 3.70. The third-order valence-electron chi connectivity index (χ3n) is 5.43. The first-order chi connectivity index (χ1) is 17.1. The molecular weight excluding hydrogens is 480 g/mol. The summed E-state index contributed by atoms with van der Waals surface area (Å²) in [5.41, 5.74) is 0.701. The number of allylic oxidation sites excluding steroid dienone is 1. The molecule has 7 nitrogen and oxygen atoms in total. The lowest BCUT2D eigenvalue weighted by molar-refractivity contribution is -0.134. The van der Waals surface area contributed by atoms with Crippen LogP contribution in [-0.2, 0) is 22.6 Å². The summed E-state index contributed by atoms with van der Waals surface area (Å²) in [6, 6.07) is 6.93. The van der Waals surface area contributed by atoms with Gasteiger partial charge in [-0.15, -0.1) is 0 Å². The molecule has 0 aliphatic carbocycles. The molecule has 11 heteroatoms. The Labute approximate surface area is 204 Å². The largest absolute Gasteiger partial charge is 0.389 e. The number of aromatic amines is 1. The number of pyridine rings is 1. The van der Waals surface area contributed by atoms with Gasteiger partial charge in [0.1, 0.15) is 11.5 Å². The summed E-state index contributed by atoms with van der Waals surface area (Å²) < 4.78 is 53.3. The number of rotatable bonds is 10. The van der Waals surface area contributed by atoms with Crippen LogP contribution in [0.5, 0.6) is 0 Å². The molecule has 0 saturated heterocycles. The summed E-state index contributed by atoms with van der Waals surface area (Å²) in [5, 5.41) is 5.43. The Morgan fingerprint density at radius 1 is 1.19 bits per heavy atom.